The zero-order chi connectivity index (χ0) is 24.8. The average molecular weight is 473 g/mol. The number of nitrogens with zero attached hydrogens (tertiary/aromatic N) is 2. The summed E-state index contributed by atoms with van der Waals surface area (Å²) in [4.78, 5) is 36.2. The van der Waals surface area contributed by atoms with E-state index in [1.165, 1.54) is 17.1 Å². The van der Waals surface area contributed by atoms with Gasteiger partial charge in [-0.2, -0.15) is 5.10 Å². The van der Waals surface area contributed by atoms with Crippen LogP contribution < -0.4 is 10.6 Å². The summed E-state index contributed by atoms with van der Waals surface area (Å²) in [5.74, 6) is 3.83. The number of amides is 2. The van der Waals surface area contributed by atoms with Gasteiger partial charge in [0.1, 0.15) is 19.2 Å². The van der Waals surface area contributed by atoms with Crippen LogP contribution in [0.4, 0.5) is 10.5 Å². The number of anilines is 1. The first-order valence-electron chi connectivity index (χ1n) is 11.0. The zero-order valence-electron chi connectivity index (χ0n) is 19.0. The number of carboxylic acids is 1. The topological polar surface area (TPSA) is 123 Å². The molecular formula is C26H24N4O5. The SMILES string of the molecule is CC#CCC(NC(=O)OCC1c2ccccc2-c2ccccc21)C(=O)Nc1cnn(CC(=O)O)c1. The summed E-state index contributed by atoms with van der Waals surface area (Å²) in [7, 11) is 0. The molecule has 1 aliphatic carbocycles. The molecule has 0 radical (unpaired) electrons. The first-order chi connectivity index (χ1) is 17.0. The molecule has 4 rings (SSSR count). The molecule has 3 N–H and O–H groups in total. The van der Waals surface area contributed by atoms with Crippen LogP contribution in [0.3, 0.4) is 0 Å². The fourth-order valence-electron chi connectivity index (χ4n) is 4.08. The van der Waals surface area contributed by atoms with Crippen molar-refractivity contribution in [3.05, 3.63) is 72.1 Å². The fourth-order valence-corrected chi connectivity index (χ4v) is 4.08. The van der Waals surface area contributed by atoms with E-state index < -0.39 is 24.0 Å². The van der Waals surface area contributed by atoms with Crippen molar-refractivity contribution in [3.8, 4) is 23.0 Å². The highest BCUT2D eigenvalue weighted by atomic mass is 16.5. The van der Waals surface area contributed by atoms with Crippen LogP contribution in [0.5, 0.6) is 0 Å². The van der Waals surface area contributed by atoms with E-state index in [-0.39, 0.29) is 25.5 Å². The Kier molecular flexibility index (Phi) is 7.12. The Morgan fingerprint density at radius 2 is 1.77 bits per heavy atom. The van der Waals surface area contributed by atoms with Gasteiger partial charge >= 0.3 is 12.1 Å². The molecule has 178 valence electrons. The molecule has 0 fully saturated rings. The predicted molar refractivity (Wildman–Crippen MR) is 129 cm³/mol. The molecule has 0 saturated heterocycles. The molecule has 9 nitrogen and oxygen atoms in total. The van der Waals surface area contributed by atoms with Crippen LogP contribution in [0, 0.1) is 11.8 Å². The molecule has 0 spiro atoms. The summed E-state index contributed by atoms with van der Waals surface area (Å²) < 4.78 is 6.72. The molecule has 1 aromatic heterocycles. The lowest BCUT2D eigenvalue weighted by atomic mass is 9.98. The lowest BCUT2D eigenvalue weighted by molar-refractivity contribution is -0.137. The number of carboxylic acid groups (broad SMARTS) is 1. The monoisotopic (exact) mass is 472 g/mol. The number of rotatable bonds is 8. The first-order valence-corrected chi connectivity index (χ1v) is 11.0. The molecule has 2 amide bonds. The number of carbonyl (C=O) groups is 3. The fraction of sp³-hybridized carbons (Fsp3) is 0.231. The van der Waals surface area contributed by atoms with Crippen LogP contribution >= 0.6 is 0 Å². The molecule has 1 heterocycles. The number of aromatic nitrogens is 2. The molecule has 1 aliphatic rings. The van der Waals surface area contributed by atoms with E-state index in [1.807, 2.05) is 36.4 Å². The van der Waals surface area contributed by atoms with Crippen molar-refractivity contribution in [2.45, 2.75) is 31.8 Å². The summed E-state index contributed by atoms with van der Waals surface area (Å²) in [6, 6.07) is 15.1. The molecule has 35 heavy (non-hydrogen) atoms. The predicted octanol–water partition coefficient (Wildman–Crippen LogP) is 3.23. The van der Waals surface area contributed by atoms with Crippen molar-refractivity contribution in [2.75, 3.05) is 11.9 Å². The third-order valence-corrected chi connectivity index (χ3v) is 5.63. The van der Waals surface area contributed by atoms with Crippen molar-refractivity contribution in [3.63, 3.8) is 0 Å². The van der Waals surface area contributed by atoms with Gasteiger partial charge in [0.05, 0.1) is 11.9 Å². The number of alkyl carbamates (subject to hydrolysis) is 1. The van der Waals surface area contributed by atoms with Crippen LogP contribution in [0.2, 0.25) is 0 Å². The maximum atomic E-state index is 12.8. The number of nitrogens with one attached hydrogen (secondary N) is 2. The highest BCUT2D eigenvalue weighted by Gasteiger charge is 2.29. The van der Waals surface area contributed by atoms with Crippen molar-refractivity contribution < 1.29 is 24.2 Å². The van der Waals surface area contributed by atoms with Crippen LogP contribution in [0.15, 0.2) is 60.9 Å². The minimum absolute atomic E-state index is 0.0792. The van der Waals surface area contributed by atoms with Crippen molar-refractivity contribution >= 4 is 23.7 Å². The second kappa shape index (κ2) is 10.6. The maximum Gasteiger partial charge on any atom is 0.407 e. The van der Waals surface area contributed by atoms with Crippen LogP contribution in [-0.4, -0.2) is 45.5 Å². The van der Waals surface area contributed by atoms with Gasteiger partial charge in [-0.25, -0.2) is 4.79 Å². The smallest absolute Gasteiger partial charge is 0.407 e. The highest BCUT2D eigenvalue weighted by molar-refractivity contribution is 5.96. The number of hydrogen-bond acceptors (Lipinski definition) is 5. The summed E-state index contributed by atoms with van der Waals surface area (Å²) in [6.07, 6.45) is 2.07. The van der Waals surface area contributed by atoms with E-state index in [2.05, 4.69) is 39.7 Å². The normalized spacial score (nSPS) is 12.5. The van der Waals surface area contributed by atoms with Gasteiger partial charge in [-0.05, 0) is 29.2 Å². The Hall–Kier alpha value is -4.58. The van der Waals surface area contributed by atoms with Gasteiger partial charge in [0.2, 0.25) is 5.91 Å². The zero-order valence-corrected chi connectivity index (χ0v) is 19.0. The Labute approximate surface area is 202 Å². The Morgan fingerprint density at radius 3 is 2.40 bits per heavy atom. The third-order valence-electron chi connectivity index (χ3n) is 5.63. The Balaban J connectivity index is 1.40. The third kappa shape index (κ3) is 5.50. The van der Waals surface area contributed by atoms with Gasteiger partial charge in [0.15, 0.2) is 0 Å². The van der Waals surface area contributed by atoms with E-state index in [0.717, 1.165) is 22.3 Å². The number of fused-ring (bicyclic) bond motifs is 3. The van der Waals surface area contributed by atoms with Gasteiger partial charge in [-0.3, -0.25) is 14.3 Å². The molecule has 0 bridgehead atoms. The van der Waals surface area contributed by atoms with Gasteiger partial charge in [0, 0.05) is 18.5 Å². The van der Waals surface area contributed by atoms with Gasteiger partial charge < -0.3 is 20.5 Å². The minimum atomic E-state index is -1.06. The second-order valence-electron chi connectivity index (χ2n) is 7.96. The molecule has 2 aromatic carbocycles. The van der Waals surface area contributed by atoms with E-state index in [4.69, 9.17) is 9.84 Å². The lowest BCUT2D eigenvalue weighted by Crippen LogP contribution is -2.44. The number of carbonyl (C=O) groups excluding carboxylic acids is 2. The summed E-state index contributed by atoms with van der Waals surface area (Å²) in [6.45, 7) is 1.42. The molecule has 1 atom stereocenters. The molecule has 3 aromatic rings. The van der Waals surface area contributed by atoms with Crippen molar-refractivity contribution in [2.24, 2.45) is 0 Å². The summed E-state index contributed by atoms with van der Waals surface area (Å²) in [5.41, 5.74) is 4.73. The van der Waals surface area contributed by atoms with Crippen LogP contribution in [-0.2, 0) is 20.9 Å². The standard InChI is InChI=1S/C26H24N4O5/c1-2-3-12-23(25(33)28-17-13-27-30(14-17)15-24(31)32)29-26(34)35-16-22-20-10-6-4-8-18(20)19-9-5-7-11-21(19)22/h4-11,13-14,22-23H,12,15-16H2,1H3,(H,28,33)(H,29,34)(H,31,32). The number of aliphatic carboxylic acids is 1. The van der Waals surface area contributed by atoms with Crippen LogP contribution in [0.1, 0.15) is 30.4 Å². The van der Waals surface area contributed by atoms with Crippen molar-refractivity contribution in [1.82, 2.24) is 15.1 Å². The molecule has 0 saturated carbocycles. The number of hydrogen-bond donors (Lipinski definition) is 3. The quantitative estimate of drug-likeness (QED) is 0.433. The van der Waals surface area contributed by atoms with E-state index in [0.29, 0.717) is 5.69 Å². The minimum Gasteiger partial charge on any atom is -0.480 e. The lowest BCUT2D eigenvalue weighted by Gasteiger charge is -2.18. The number of ether oxygens (including phenoxy) is 1. The van der Waals surface area contributed by atoms with Crippen LogP contribution in [0.25, 0.3) is 11.1 Å². The van der Waals surface area contributed by atoms with Gasteiger partial charge in [-0.15, -0.1) is 11.8 Å². The molecule has 9 heteroatoms. The van der Waals surface area contributed by atoms with E-state index in [9.17, 15) is 14.4 Å². The molecular weight excluding hydrogens is 448 g/mol. The summed E-state index contributed by atoms with van der Waals surface area (Å²) >= 11 is 0. The summed E-state index contributed by atoms with van der Waals surface area (Å²) in [5, 5.41) is 17.9. The molecule has 1 unspecified atom stereocenters. The second-order valence-corrected chi connectivity index (χ2v) is 7.96. The Morgan fingerprint density at radius 1 is 1.11 bits per heavy atom. The first kappa shape index (κ1) is 23.6. The highest BCUT2D eigenvalue weighted by Crippen LogP contribution is 2.44. The van der Waals surface area contributed by atoms with Gasteiger partial charge in [-0.1, -0.05) is 48.5 Å². The largest absolute Gasteiger partial charge is 0.480 e. The average Bonchev–Trinajstić information content (AvgIpc) is 3.41. The Bertz CT molecular complexity index is 1270. The van der Waals surface area contributed by atoms with E-state index >= 15 is 0 Å². The van der Waals surface area contributed by atoms with E-state index in [1.54, 1.807) is 6.92 Å². The maximum absolute atomic E-state index is 12.8. The molecule has 0 aliphatic heterocycles. The van der Waals surface area contributed by atoms with Gasteiger partial charge in [0.25, 0.3) is 0 Å². The van der Waals surface area contributed by atoms with Crippen molar-refractivity contribution in [1.29, 1.82) is 0 Å². The number of benzene rings is 2.